The molecule has 0 spiro atoms. The Morgan fingerprint density at radius 1 is 1.32 bits per heavy atom. The number of benzene rings is 1. The highest BCUT2D eigenvalue weighted by Crippen LogP contribution is 2.35. The van der Waals surface area contributed by atoms with Crippen LogP contribution in [0.4, 0.5) is 10.1 Å². The Morgan fingerprint density at radius 3 is 2.84 bits per heavy atom. The smallest absolute Gasteiger partial charge is 0.214 e. The molecule has 0 unspecified atom stereocenters. The van der Waals surface area contributed by atoms with Gasteiger partial charge in [0.1, 0.15) is 5.82 Å². The molecule has 0 amide bonds. The van der Waals surface area contributed by atoms with Gasteiger partial charge in [-0.25, -0.2) is 9.07 Å². The van der Waals surface area contributed by atoms with Crippen LogP contribution in [0.15, 0.2) is 28.3 Å². The van der Waals surface area contributed by atoms with Gasteiger partial charge in [0, 0.05) is 10.6 Å². The van der Waals surface area contributed by atoms with Crippen LogP contribution in [0.5, 0.6) is 0 Å². The van der Waals surface area contributed by atoms with Gasteiger partial charge in [0.2, 0.25) is 5.16 Å². The van der Waals surface area contributed by atoms with Crippen molar-refractivity contribution in [3.05, 3.63) is 24.0 Å². The molecular weight excluding hydrogens is 265 g/mol. The SMILES string of the molecule is Nc1cc(F)ccc1Sc1nnnn1C1CCCC1. The zero-order valence-corrected chi connectivity index (χ0v) is 11.1. The summed E-state index contributed by atoms with van der Waals surface area (Å²) in [4.78, 5) is 0.774. The highest BCUT2D eigenvalue weighted by molar-refractivity contribution is 7.99. The van der Waals surface area contributed by atoms with E-state index in [1.165, 1.54) is 36.7 Å². The third-order valence-electron chi connectivity index (χ3n) is 3.31. The first-order valence-electron chi connectivity index (χ1n) is 6.25. The monoisotopic (exact) mass is 279 g/mol. The number of anilines is 1. The Morgan fingerprint density at radius 2 is 2.11 bits per heavy atom. The lowest BCUT2D eigenvalue weighted by molar-refractivity contribution is 0.423. The lowest BCUT2D eigenvalue weighted by Gasteiger charge is -2.11. The zero-order valence-electron chi connectivity index (χ0n) is 10.3. The predicted molar refractivity (Wildman–Crippen MR) is 70.3 cm³/mol. The average Bonchev–Trinajstić information content (AvgIpc) is 3.03. The molecular formula is C12H14FN5S. The van der Waals surface area contributed by atoms with Crippen LogP contribution in [0.1, 0.15) is 31.7 Å². The number of rotatable bonds is 3. The minimum absolute atomic E-state index is 0.336. The topological polar surface area (TPSA) is 69.6 Å². The molecule has 1 aliphatic carbocycles. The van der Waals surface area contributed by atoms with Crippen LogP contribution in [0.3, 0.4) is 0 Å². The number of nitrogens with two attached hydrogens (primary N) is 1. The van der Waals surface area contributed by atoms with E-state index in [0.717, 1.165) is 17.7 Å². The first-order valence-corrected chi connectivity index (χ1v) is 7.06. The fraction of sp³-hybridized carbons (Fsp3) is 0.417. The van der Waals surface area contributed by atoms with Gasteiger partial charge >= 0.3 is 0 Å². The fourth-order valence-corrected chi connectivity index (χ4v) is 3.21. The fourth-order valence-electron chi connectivity index (χ4n) is 2.34. The minimum atomic E-state index is -0.336. The Bertz CT molecular complexity index is 579. The molecule has 0 aliphatic heterocycles. The van der Waals surface area contributed by atoms with Crippen LogP contribution < -0.4 is 5.73 Å². The summed E-state index contributed by atoms with van der Waals surface area (Å²) in [5.74, 6) is -0.336. The van der Waals surface area contributed by atoms with E-state index >= 15 is 0 Å². The largest absolute Gasteiger partial charge is 0.398 e. The van der Waals surface area contributed by atoms with Gasteiger partial charge in [-0.05, 0) is 53.2 Å². The maximum atomic E-state index is 13.0. The lowest BCUT2D eigenvalue weighted by Crippen LogP contribution is -2.08. The van der Waals surface area contributed by atoms with Crippen molar-refractivity contribution >= 4 is 17.4 Å². The van der Waals surface area contributed by atoms with Crippen molar-refractivity contribution in [2.75, 3.05) is 5.73 Å². The number of nitrogen functional groups attached to an aromatic ring is 1. The van der Waals surface area contributed by atoms with E-state index in [-0.39, 0.29) is 5.82 Å². The molecule has 0 bridgehead atoms. The molecule has 2 aromatic rings. The number of halogens is 1. The van der Waals surface area contributed by atoms with E-state index in [0.29, 0.717) is 16.9 Å². The Kier molecular flexibility index (Phi) is 3.37. The summed E-state index contributed by atoms with van der Waals surface area (Å²) < 4.78 is 14.9. The van der Waals surface area contributed by atoms with E-state index in [1.54, 1.807) is 6.07 Å². The van der Waals surface area contributed by atoms with Crippen molar-refractivity contribution in [1.82, 2.24) is 20.2 Å². The Balaban J connectivity index is 1.85. The van der Waals surface area contributed by atoms with Gasteiger partial charge in [0.05, 0.1) is 6.04 Å². The van der Waals surface area contributed by atoms with Crippen molar-refractivity contribution in [2.45, 2.75) is 41.8 Å². The average molecular weight is 279 g/mol. The molecule has 0 atom stereocenters. The summed E-state index contributed by atoms with van der Waals surface area (Å²) >= 11 is 1.38. The molecule has 3 rings (SSSR count). The number of tetrazole rings is 1. The van der Waals surface area contributed by atoms with Crippen molar-refractivity contribution in [3.8, 4) is 0 Å². The van der Waals surface area contributed by atoms with Gasteiger partial charge in [-0.3, -0.25) is 0 Å². The summed E-state index contributed by atoms with van der Waals surface area (Å²) in [7, 11) is 0. The standard InChI is InChI=1S/C12H14FN5S/c13-8-5-6-11(10(14)7-8)19-12-15-16-17-18(12)9-3-1-2-4-9/h5-7,9H,1-4,14H2. The second-order valence-electron chi connectivity index (χ2n) is 4.63. The van der Waals surface area contributed by atoms with E-state index in [2.05, 4.69) is 15.5 Å². The number of nitrogens with zero attached hydrogens (tertiary/aromatic N) is 4. The first kappa shape index (κ1) is 12.4. The van der Waals surface area contributed by atoms with Crippen LogP contribution >= 0.6 is 11.8 Å². The van der Waals surface area contributed by atoms with Gasteiger partial charge in [-0.15, -0.1) is 5.10 Å². The molecule has 5 nitrogen and oxygen atoms in total. The molecule has 1 aromatic heterocycles. The van der Waals surface area contributed by atoms with Crippen molar-refractivity contribution in [3.63, 3.8) is 0 Å². The normalized spacial score (nSPS) is 16.1. The van der Waals surface area contributed by atoms with Crippen LogP contribution in [-0.4, -0.2) is 20.2 Å². The molecule has 1 saturated carbocycles. The molecule has 0 radical (unpaired) electrons. The maximum Gasteiger partial charge on any atom is 0.214 e. The third kappa shape index (κ3) is 2.56. The van der Waals surface area contributed by atoms with Crippen LogP contribution in [-0.2, 0) is 0 Å². The molecule has 100 valence electrons. The molecule has 1 heterocycles. The number of hydrogen-bond acceptors (Lipinski definition) is 5. The van der Waals surface area contributed by atoms with Crippen molar-refractivity contribution < 1.29 is 4.39 Å². The minimum Gasteiger partial charge on any atom is -0.398 e. The molecule has 2 N–H and O–H groups in total. The van der Waals surface area contributed by atoms with E-state index in [1.807, 2.05) is 4.68 Å². The summed E-state index contributed by atoms with van der Waals surface area (Å²) in [6.07, 6.45) is 4.65. The van der Waals surface area contributed by atoms with Gasteiger partial charge in [0.25, 0.3) is 0 Å². The summed E-state index contributed by atoms with van der Waals surface area (Å²) in [5, 5.41) is 12.5. The molecule has 1 fully saturated rings. The summed E-state index contributed by atoms with van der Waals surface area (Å²) in [5.41, 5.74) is 6.21. The van der Waals surface area contributed by atoms with Gasteiger partial charge in [-0.2, -0.15) is 0 Å². The summed E-state index contributed by atoms with van der Waals surface area (Å²) in [6, 6.07) is 4.73. The second-order valence-corrected chi connectivity index (χ2v) is 5.64. The highest BCUT2D eigenvalue weighted by Gasteiger charge is 2.22. The first-order chi connectivity index (χ1) is 9.24. The molecule has 0 saturated heterocycles. The van der Waals surface area contributed by atoms with Crippen molar-refractivity contribution in [2.24, 2.45) is 0 Å². The second kappa shape index (κ2) is 5.16. The highest BCUT2D eigenvalue weighted by atomic mass is 32.2. The Hall–Kier alpha value is -1.63. The van der Waals surface area contributed by atoms with E-state index < -0.39 is 0 Å². The quantitative estimate of drug-likeness (QED) is 0.875. The van der Waals surface area contributed by atoms with Gasteiger partial charge < -0.3 is 5.73 Å². The predicted octanol–water partition coefficient (Wildman–Crippen LogP) is 2.66. The van der Waals surface area contributed by atoms with Crippen LogP contribution in [0.25, 0.3) is 0 Å². The van der Waals surface area contributed by atoms with Crippen LogP contribution in [0, 0.1) is 5.82 Å². The number of hydrogen-bond donors (Lipinski definition) is 1. The zero-order chi connectivity index (χ0) is 13.2. The molecule has 19 heavy (non-hydrogen) atoms. The number of aromatic nitrogens is 4. The Labute approximate surface area is 114 Å². The third-order valence-corrected chi connectivity index (χ3v) is 4.35. The molecule has 7 heteroatoms. The lowest BCUT2D eigenvalue weighted by atomic mass is 10.3. The molecule has 1 aromatic carbocycles. The van der Waals surface area contributed by atoms with E-state index in [4.69, 9.17) is 5.73 Å². The van der Waals surface area contributed by atoms with Gasteiger partial charge in [-0.1, -0.05) is 12.8 Å². The van der Waals surface area contributed by atoms with E-state index in [9.17, 15) is 4.39 Å². The molecule has 1 aliphatic rings. The van der Waals surface area contributed by atoms with Crippen molar-refractivity contribution in [1.29, 1.82) is 0 Å². The maximum absolute atomic E-state index is 13.0. The van der Waals surface area contributed by atoms with Crippen LogP contribution in [0.2, 0.25) is 0 Å². The summed E-state index contributed by atoms with van der Waals surface area (Å²) in [6.45, 7) is 0. The van der Waals surface area contributed by atoms with Gasteiger partial charge in [0.15, 0.2) is 0 Å².